The van der Waals surface area contributed by atoms with Gasteiger partial charge in [-0.3, -0.25) is 0 Å². The molecule has 0 saturated carbocycles. The summed E-state index contributed by atoms with van der Waals surface area (Å²) in [5, 5.41) is 0. The van der Waals surface area contributed by atoms with Gasteiger partial charge in [0.2, 0.25) is 0 Å². The topological polar surface area (TPSA) is 9.23 Å². The summed E-state index contributed by atoms with van der Waals surface area (Å²) in [4.78, 5) is 0. The standard InChI is InChI=1S/C13H11O/c1-11-6-5-9-13(10-11)14-12-7-3-2-4-8-12/h2-8,10H,1H3. The Morgan fingerprint density at radius 3 is 2.57 bits per heavy atom. The molecule has 2 aromatic rings. The average Bonchev–Trinajstić information content (AvgIpc) is 2.19. The van der Waals surface area contributed by atoms with Gasteiger partial charge >= 0.3 is 0 Å². The SMILES string of the molecule is Cc1cc[c]c(Oc2ccccc2)c1. The minimum atomic E-state index is 0.760. The second-order valence-electron chi connectivity index (χ2n) is 3.15. The van der Waals surface area contributed by atoms with Crippen LogP contribution in [0.4, 0.5) is 0 Å². The molecule has 0 bridgehead atoms. The smallest absolute Gasteiger partial charge is 0.135 e. The second kappa shape index (κ2) is 3.97. The Bertz CT molecular complexity index is 407. The highest BCUT2D eigenvalue weighted by Gasteiger charge is 1.95. The molecule has 0 saturated heterocycles. The van der Waals surface area contributed by atoms with E-state index >= 15 is 0 Å². The van der Waals surface area contributed by atoms with Gasteiger partial charge in [0.05, 0.1) is 0 Å². The Labute approximate surface area is 84.0 Å². The predicted octanol–water partition coefficient (Wildman–Crippen LogP) is 3.59. The van der Waals surface area contributed by atoms with E-state index in [9.17, 15) is 0 Å². The molecule has 14 heavy (non-hydrogen) atoms. The van der Waals surface area contributed by atoms with Gasteiger partial charge in [0, 0.05) is 6.07 Å². The Morgan fingerprint density at radius 2 is 1.86 bits per heavy atom. The van der Waals surface area contributed by atoms with Crippen LogP contribution in [-0.4, -0.2) is 0 Å². The summed E-state index contributed by atoms with van der Waals surface area (Å²) in [5.74, 6) is 1.60. The Balaban J connectivity index is 2.19. The number of aryl methyl sites for hydroxylation is 1. The van der Waals surface area contributed by atoms with Crippen LogP contribution in [-0.2, 0) is 0 Å². The molecular formula is C13H11O. The molecule has 0 spiro atoms. The molecule has 0 heterocycles. The molecule has 0 N–H and O–H groups in total. The van der Waals surface area contributed by atoms with Crippen molar-refractivity contribution in [1.82, 2.24) is 0 Å². The van der Waals surface area contributed by atoms with E-state index in [1.54, 1.807) is 0 Å². The summed E-state index contributed by atoms with van der Waals surface area (Å²) in [5.41, 5.74) is 1.18. The number of hydrogen-bond donors (Lipinski definition) is 0. The van der Waals surface area contributed by atoms with Gasteiger partial charge in [-0.1, -0.05) is 30.3 Å². The molecule has 1 radical (unpaired) electrons. The molecular weight excluding hydrogens is 172 g/mol. The number of para-hydroxylation sites is 1. The van der Waals surface area contributed by atoms with Crippen molar-refractivity contribution in [3.8, 4) is 11.5 Å². The van der Waals surface area contributed by atoms with Crippen LogP contribution in [0.15, 0.2) is 48.5 Å². The van der Waals surface area contributed by atoms with Gasteiger partial charge in [0.15, 0.2) is 0 Å². The first kappa shape index (κ1) is 8.82. The molecule has 0 aromatic heterocycles. The molecule has 0 unspecified atom stereocenters. The van der Waals surface area contributed by atoms with Gasteiger partial charge in [0.1, 0.15) is 11.5 Å². The Kier molecular flexibility index (Phi) is 2.50. The fraction of sp³-hybridized carbons (Fsp3) is 0.0769. The van der Waals surface area contributed by atoms with Gasteiger partial charge in [-0.2, -0.15) is 0 Å². The summed E-state index contributed by atoms with van der Waals surface area (Å²) < 4.78 is 5.60. The van der Waals surface area contributed by atoms with Gasteiger partial charge in [-0.05, 0) is 30.7 Å². The Hall–Kier alpha value is -1.76. The first-order valence-corrected chi connectivity index (χ1v) is 4.56. The van der Waals surface area contributed by atoms with Crippen LogP contribution >= 0.6 is 0 Å². The fourth-order valence-electron chi connectivity index (χ4n) is 1.23. The second-order valence-corrected chi connectivity index (χ2v) is 3.15. The quantitative estimate of drug-likeness (QED) is 0.691. The predicted molar refractivity (Wildman–Crippen MR) is 56.5 cm³/mol. The maximum absolute atomic E-state index is 5.60. The van der Waals surface area contributed by atoms with Crippen molar-refractivity contribution >= 4 is 0 Å². The van der Waals surface area contributed by atoms with Crippen LogP contribution in [0.25, 0.3) is 0 Å². The van der Waals surface area contributed by atoms with E-state index < -0.39 is 0 Å². The largest absolute Gasteiger partial charge is 0.457 e. The van der Waals surface area contributed by atoms with Crippen molar-refractivity contribution in [2.45, 2.75) is 6.92 Å². The molecule has 69 valence electrons. The van der Waals surface area contributed by atoms with E-state index in [4.69, 9.17) is 4.74 Å². The van der Waals surface area contributed by atoms with E-state index in [1.165, 1.54) is 5.56 Å². The molecule has 1 heteroatoms. The lowest BCUT2D eigenvalue weighted by Crippen LogP contribution is -1.83. The van der Waals surface area contributed by atoms with Gasteiger partial charge in [0.25, 0.3) is 0 Å². The zero-order chi connectivity index (χ0) is 9.80. The van der Waals surface area contributed by atoms with Crippen LogP contribution in [0, 0.1) is 13.0 Å². The van der Waals surface area contributed by atoms with Crippen LogP contribution in [0.2, 0.25) is 0 Å². The summed E-state index contributed by atoms with van der Waals surface area (Å²) >= 11 is 0. The van der Waals surface area contributed by atoms with E-state index in [-0.39, 0.29) is 0 Å². The monoisotopic (exact) mass is 183 g/mol. The zero-order valence-corrected chi connectivity index (χ0v) is 8.03. The van der Waals surface area contributed by atoms with Crippen molar-refractivity contribution < 1.29 is 4.74 Å². The first-order valence-electron chi connectivity index (χ1n) is 4.56. The van der Waals surface area contributed by atoms with Gasteiger partial charge in [-0.15, -0.1) is 0 Å². The molecule has 0 fully saturated rings. The molecule has 0 aliphatic rings. The summed E-state index contributed by atoms with van der Waals surface area (Å²) in [6, 6.07) is 18.6. The zero-order valence-electron chi connectivity index (χ0n) is 8.03. The van der Waals surface area contributed by atoms with E-state index in [2.05, 4.69) is 6.07 Å². The third-order valence-electron chi connectivity index (χ3n) is 1.90. The molecule has 0 aliphatic carbocycles. The molecule has 0 atom stereocenters. The highest BCUT2D eigenvalue weighted by atomic mass is 16.5. The van der Waals surface area contributed by atoms with Crippen LogP contribution in [0.5, 0.6) is 11.5 Å². The number of benzene rings is 2. The van der Waals surface area contributed by atoms with Crippen molar-refractivity contribution in [3.05, 3.63) is 60.2 Å². The molecule has 0 aliphatic heterocycles. The van der Waals surface area contributed by atoms with Crippen molar-refractivity contribution in [1.29, 1.82) is 0 Å². The van der Waals surface area contributed by atoms with Gasteiger partial charge < -0.3 is 4.74 Å². The van der Waals surface area contributed by atoms with E-state index in [0.717, 1.165) is 11.5 Å². The molecule has 1 nitrogen and oxygen atoms in total. The average molecular weight is 183 g/mol. The number of ether oxygens (including phenoxy) is 1. The third kappa shape index (κ3) is 2.13. The van der Waals surface area contributed by atoms with E-state index in [1.807, 2.05) is 55.5 Å². The van der Waals surface area contributed by atoms with Crippen molar-refractivity contribution in [2.75, 3.05) is 0 Å². The lowest BCUT2D eigenvalue weighted by Gasteiger charge is -2.04. The Morgan fingerprint density at radius 1 is 1.07 bits per heavy atom. The van der Waals surface area contributed by atoms with E-state index in [0.29, 0.717) is 0 Å². The first-order chi connectivity index (χ1) is 6.84. The summed E-state index contributed by atoms with van der Waals surface area (Å²) in [7, 11) is 0. The molecule has 2 rings (SSSR count). The maximum atomic E-state index is 5.60. The van der Waals surface area contributed by atoms with Crippen LogP contribution in [0.1, 0.15) is 5.56 Å². The summed E-state index contributed by atoms with van der Waals surface area (Å²) in [6.07, 6.45) is 0. The fourth-order valence-corrected chi connectivity index (χ4v) is 1.23. The minimum Gasteiger partial charge on any atom is -0.457 e. The van der Waals surface area contributed by atoms with Crippen LogP contribution in [0.3, 0.4) is 0 Å². The highest BCUT2D eigenvalue weighted by Crippen LogP contribution is 2.20. The highest BCUT2D eigenvalue weighted by molar-refractivity contribution is 5.32. The minimum absolute atomic E-state index is 0.760. The van der Waals surface area contributed by atoms with Crippen molar-refractivity contribution in [2.24, 2.45) is 0 Å². The lowest BCUT2D eigenvalue weighted by atomic mass is 10.2. The number of hydrogen-bond acceptors (Lipinski definition) is 1. The van der Waals surface area contributed by atoms with Gasteiger partial charge in [-0.25, -0.2) is 0 Å². The van der Waals surface area contributed by atoms with Crippen LogP contribution < -0.4 is 4.74 Å². The normalized spacial score (nSPS) is 9.79. The summed E-state index contributed by atoms with van der Waals surface area (Å²) in [6.45, 7) is 2.03. The third-order valence-corrected chi connectivity index (χ3v) is 1.90. The number of rotatable bonds is 2. The maximum Gasteiger partial charge on any atom is 0.135 e. The van der Waals surface area contributed by atoms with Crippen molar-refractivity contribution in [3.63, 3.8) is 0 Å². The molecule has 0 amide bonds. The molecule has 2 aromatic carbocycles. The lowest BCUT2D eigenvalue weighted by molar-refractivity contribution is 0.481.